The first-order valence-corrected chi connectivity index (χ1v) is 5.01. The van der Waals surface area contributed by atoms with Gasteiger partial charge in [-0.25, -0.2) is 0 Å². The second-order valence-corrected chi connectivity index (χ2v) is 3.31. The minimum Gasteiger partial charge on any atom is -0.484 e. The smallest absolute Gasteiger partial charge is 0.258 e. The summed E-state index contributed by atoms with van der Waals surface area (Å²) in [5.41, 5.74) is 0.528. The third kappa shape index (κ3) is 4.34. The first kappa shape index (κ1) is 12.7. The Morgan fingerprint density at radius 1 is 1.47 bits per heavy atom. The summed E-state index contributed by atoms with van der Waals surface area (Å²) in [6.45, 7) is 1.23. The van der Waals surface area contributed by atoms with Crippen LogP contribution in [0, 0.1) is 11.3 Å². The highest BCUT2D eigenvalue weighted by molar-refractivity contribution is 5.94. The Bertz CT molecular complexity index is 463. The van der Waals surface area contributed by atoms with Gasteiger partial charge in [0.2, 0.25) is 0 Å². The number of hydrogen-bond acceptors (Lipinski definition) is 4. The van der Waals surface area contributed by atoms with Crippen LogP contribution in [0.5, 0.6) is 5.75 Å². The Labute approximate surface area is 99.0 Å². The number of ketones is 1. The van der Waals surface area contributed by atoms with Crippen LogP contribution in [-0.2, 0) is 4.79 Å². The molecule has 1 aromatic rings. The van der Waals surface area contributed by atoms with Crippen LogP contribution >= 0.6 is 0 Å². The zero-order valence-corrected chi connectivity index (χ0v) is 9.40. The van der Waals surface area contributed by atoms with Crippen molar-refractivity contribution >= 4 is 11.7 Å². The second-order valence-electron chi connectivity index (χ2n) is 3.31. The number of nitriles is 1. The normalized spacial score (nSPS) is 9.18. The quantitative estimate of drug-likeness (QED) is 0.604. The number of rotatable bonds is 5. The topological polar surface area (TPSA) is 79.2 Å². The highest BCUT2D eigenvalue weighted by atomic mass is 16.5. The standard InChI is InChI=1S/C12H12N2O3/c1-9(15)10-3-2-4-11(7-10)17-8-12(16)14-6-5-13/h2-4,7H,6,8H2,1H3,(H,14,16). The van der Waals surface area contributed by atoms with E-state index in [0.717, 1.165) is 0 Å². The molecule has 0 fully saturated rings. The van der Waals surface area contributed by atoms with Crippen molar-refractivity contribution in [3.05, 3.63) is 29.8 Å². The summed E-state index contributed by atoms with van der Waals surface area (Å²) >= 11 is 0. The number of nitrogens with zero attached hydrogens (tertiary/aromatic N) is 1. The summed E-state index contributed by atoms with van der Waals surface area (Å²) < 4.78 is 5.18. The molecule has 0 saturated heterocycles. The molecule has 0 unspecified atom stereocenters. The molecule has 0 saturated carbocycles. The molecular weight excluding hydrogens is 220 g/mol. The molecule has 0 atom stereocenters. The molecule has 0 radical (unpaired) electrons. The lowest BCUT2D eigenvalue weighted by molar-refractivity contribution is -0.122. The monoisotopic (exact) mass is 232 g/mol. The van der Waals surface area contributed by atoms with E-state index in [2.05, 4.69) is 5.32 Å². The van der Waals surface area contributed by atoms with Crippen molar-refractivity contribution < 1.29 is 14.3 Å². The van der Waals surface area contributed by atoms with Gasteiger partial charge in [0.1, 0.15) is 12.3 Å². The number of amides is 1. The number of benzene rings is 1. The predicted molar refractivity (Wildman–Crippen MR) is 60.6 cm³/mol. The van der Waals surface area contributed by atoms with Crippen molar-refractivity contribution in [1.82, 2.24) is 5.32 Å². The minimum absolute atomic E-state index is 0.0460. The number of carbonyl (C=O) groups is 2. The highest BCUT2D eigenvalue weighted by Gasteiger charge is 2.04. The Morgan fingerprint density at radius 3 is 2.88 bits per heavy atom. The van der Waals surface area contributed by atoms with Crippen LogP contribution in [0.15, 0.2) is 24.3 Å². The molecule has 0 aromatic heterocycles. The van der Waals surface area contributed by atoms with Gasteiger partial charge in [-0.05, 0) is 19.1 Å². The molecule has 0 bridgehead atoms. The summed E-state index contributed by atoms with van der Waals surface area (Å²) in [6, 6.07) is 8.37. The number of ether oxygens (including phenoxy) is 1. The van der Waals surface area contributed by atoms with Gasteiger partial charge >= 0.3 is 0 Å². The molecule has 0 heterocycles. The van der Waals surface area contributed by atoms with Gasteiger partial charge < -0.3 is 10.1 Å². The minimum atomic E-state index is -0.375. The van der Waals surface area contributed by atoms with Crippen LogP contribution < -0.4 is 10.1 Å². The van der Waals surface area contributed by atoms with Crippen molar-refractivity contribution in [2.75, 3.05) is 13.2 Å². The van der Waals surface area contributed by atoms with Gasteiger partial charge in [-0.15, -0.1) is 0 Å². The fourth-order valence-corrected chi connectivity index (χ4v) is 1.14. The summed E-state index contributed by atoms with van der Waals surface area (Å²) in [5.74, 6) is 0.00830. The van der Waals surface area contributed by atoms with E-state index in [4.69, 9.17) is 10.00 Å². The Hall–Kier alpha value is -2.35. The molecule has 88 valence electrons. The van der Waals surface area contributed by atoms with Gasteiger partial charge in [0.25, 0.3) is 5.91 Å². The first-order chi connectivity index (χ1) is 8.13. The van der Waals surface area contributed by atoms with E-state index in [1.807, 2.05) is 0 Å². The lowest BCUT2D eigenvalue weighted by Crippen LogP contribution is -2.29. The molecule has 0 spiro atoms. The van der Waals surface area contributed by atoms with Crippen LogP contribution in [0.4, 0.5) is 0 Å². The van der Waals surface area contributed by atoms with Crippen LogP contribution in [-0.4, -0.2) is 24.8 Å². The van der Waals surface area contributed by atoms with E-state index in [-0.39, 0.29) is 24.8 Å². The summed E-state index contributed by atoms with van der Waals surface area (Å²) in [7, 11) is 0. The first-order valence-electron chi connectivity index (χ1n) is 5.01. The van der Waals surface area contributed by atoms with Crippen LogP contribution in [0.1, 0.15) is 17.3 Å². The molecule has 1 amide bonds. The van der Waals surface area contributed by atoms with Gasteiger partial charge in [-0.1, -0.05) is 12.1 Å². The summed E-state index contributed by atoms with van der Waals surface area (Å²) in [6.07, 6.45) is 0. The van der Waals surface area contributed by atoms with Crippen molar-refractivity contribution in [3.63, 3.8) is 0 Å². The average Bonchev–Trinajstić information content (AvgIpc) is 2.34. The molecule has 0 aliphatic carbocycles. The largest absolute Gasteiger partial charge is 0.484 e. The van der Waals surface area contributed by atoms with E-state index in [0.29, 0.717) is 11.3 Å². The number of carbonyl (C=O) groups excluding carboxylic acids is 2. The van der Waals surface area contributed by atoms with E-state index in [9.17, 15) is 9.59 Å². The third-order valence-corrected chi connectivity index (χ3v) is 1.98. The number of hydrogen-bond donors (Lipinski definition) is 1. The van der Waals surface area contributed by atoms with Crippen LogP contribution in [0.3, 0.4) is 0 Å². The van der Waals surface area contributed by atoms with E-state index in [1.165, 1.54) is 6.92 Å². The molecular formula is C12H12N2O3. The second kappa shape index (κ2) is 6.28. The van der Waals surface area contributed by atoms with E-state index in [1.54, 1.807) is 30.3 Å². The number of Topliss-reactive ketones (excluding diaryl/α,β-unsaturated/α-hetero) is 1. The molecule has 17 heavy (non-hydrogen) atoms. The fourth-order valence-electron chi connectivity index (χ4n) is 1.14. The van der Waals surface area contributed by atoms with Crippen molar-refractivity contribution in [1.29, 1.82) is 5.26 Å². The maximum Gasteiger partial charge on any atom is 0.258 e. The molecule has 1 rings (SSSR count). The summed E-state index contributed by atoms with van der Waals surface area (Å²) in [4.78, 5) is 22.2. The Balaban J connectivity index is 2.52. The molecule has 1 N–H and O–H groups in total. The maximum absolute atomic E-state index is 11.1. The molecule has 0 aliphatic rings. The lowest BCUT2D eigenvalue weighted by Gasteiger charge is -2.06. The van der Waals surface area contributed by atoms with E-state index < -0.39 is 0 Å². The maximum atomic E-state index is 11.1. The van der Waals surface area contributed by atoms with Gasteiger partial charge in [0, 0.05) is 5.56 Å². The highest BCUT2D eigenvalue weighted by Crippen LogP contribution is 2.13. The van der Waals surface area contributed by atoms with Crippen LogP contribution in [0.25, 0.3) is 0 Å². The number of nitrogens with one attached hydrogen (secondary N) is 1. The van der Waals surface area contributed by atoms with Gasteiger partial charge in [0.15, 0.2) is 12.4 Å². The van der Waals surface area contributed by atoms with Crippen LogP contribution in [0.2, 0.25) is 0 Å². The summed E-state index contributed by atoms with van der Waals surface area (Å²) in [5, 5.41) is 10.6. The van der Waals surface area contributed by atoms with Crippen molar-refractivity contribution in [2.24, 2.45) is 0 Å². The SMILES string of the molecule is CC(=O)c1cccc(OCC(=O)NCC#N)c1. The van der Waals surface area contributed by atoms with Crippen molar-refractivity contribution in [3.8, 4) is 11.8 Å². The molecule has 1 aromatic carbocycles. The van der Waals surface area contributed by atoms with Gasteiger partial charge in [-0.3, -0.25) is 9.59 Å². The van der Waals surface area contributed by atoms with Gasteiger partial charge in [-0.2, -0.15) is 5.26 Å². The Kier molecular flexibility index (Phi) is 4.70. The third-order valence-electron chi connectivity index (χ3n) is 1.98. The lowest BCUT2D eigenvalue weighted by atomic mass is 10.1. The predicted octanol–water partition coefficient (Wildman–Crippen LogP) is 0.908. The average molecular weight is 232 g/mol. The molecule has 0 aliphatic heterocycles. The Morgan fingerprint density at radius 2 is 2.24 bits per heavy atom. The molecule has 5 heteroatoms. The van der Waals surface area contributed by atoms with Gasteiger partial charge in [0.05, 0.1) is 6.07 Å². The zero-order valence-electron chi connectivity index (χ0n) is 9.40. The van der Waals surface area contributed by atoms with E-state index >= 15 is 0 Å². The van der Waals surface area contributed by atoms with Crippen molar-refractivity contribution in [2.45, 2.75) is 6.92 Å². The molecule has 5 nitrogen and oxygen atoms in total. The fraction of sp³-hybridized carbons (Fsp3) is 0.250. The zero-order chi connectivity index (χ0) is 12.7.